The molecule has 1 aliphatic rings. The minimum absolute atomic E-state index is 0.00224. The molecular formula is C33H29F3N4O6S. The molecule has 3 aromatic carbocycles. The first-order valence-corrected chi connectivity index (χ1v) is 15.1. The zero-order valence-electron chi connectivity index (χ0n) is 25.1. The van der Waals surface area contributed by atoms with Crippen LogP contribution in [0.25, 0.3) is 0 Å². The van der Waals surface area contributed by atoms with E-state index in [1.165, 1.54) is 31.3 Å². The van der Waals surface area contributed by atoms with Crippen LogP contribution in [0.2, 0.25) is 0 Å². The van der Waals surface area contributed by atoms with Gasteiger partial charge in [-0.15, -0.1) is 0 Å². The van der Waals surface area contributed by atoms with Crippen molar-refractivity contribution in [1.82, 2.24) is 10.2 Å². The predicted octanol–water partition coefficient (Wildman–Crippen LogP) is 7.06. The molecule has 0 saturated carbocycles. The number of carbonyl (C=O) groups is 3. The standard InChI is InChI=1S/C33H29F3N4O6S/c1-20(37-32(43)46-19-21-7-4-3-5-8-21)29(41)38-24-13-10-22(11-14-24)28-30(42)40(18-25-9-6-16-45-25)31(47-28)39-26-17-23(33(34,35)36)12-15-27(26)44-2/h3-17,20,28H,18-19H2,1-2H3,(H,37,43)(H,38,41)/t20-,28?/m0/s1. The van der Waals surface area contributed by atoms with Crippen LogP contribution >= 0.6 is 11.8 Å². The summed E-state index contributed by atoms with van der Waals surface area (Å²) < 4.78 is 56.2. The fourth-order valence-corrected chi connectivity index (χ4v) is 5.68. The summed E-state index contributed by atoms with van der Waals surface area (Å²) in [6.45, 7) is 1.57. The molecule has 3 amide bonds. The number of methoxy groups -OCH3 is 1. The number of nitrogens with zero attached hydrogens (tertiary/aromatic N) is 2. The highest BCUT2D eigenvalue weighted by Gasteiger charge is 2.40. The molecule has 10 nitrogen and oxygen atoms in total. The van der Waals surface area contributed by atoms with Crippen molar-refractivity contribution in [2.45, 2.75) is 37.5 Å². The number of alkyl carbamates (subject to hydrolysis) is 1. The molecule has 244 valence electrons. The second-order valence-corrected chi connectivity index (χ2v) is 11.4. The maximum Gasteiger partial charge on any atom is 0.416 e. The summed E-state index contributed by atoms with van der Waals surface area (Å²) >= 11 is 1.06. The Morgan fingerprint density at radius 2 is 1.79 bits per heavy atom. The van der Waals surface area contributed by atoms with Crippen molar-refractivity contribution < 1.29 is 41.4 Å². The second-order valence-electron chi connectivity index (χ2n) is 10.3. The number of carbonyl (C=O) groups excluding carboxylic acids is 3. The van der Waals surface area contributed by atoms with Gasteiger partial charge in [-0.3, -0.25) is 14.5 Å². The third kappa shape index (κ3) is 8.33. The number of thioether (sulfide) groups is 1. The third-order valence-corrected chi connectivity index (χ3v) is 8.21. The van der Waals surface area contributed by atoms with Crippen LogP contribution in [-0.2, 0) is 33.7 Å². The molecule has 2 N–H and O–H groups in total. The normalized spacial score (nSPS) is 16.2. The van der Waals surface area contributed by atoms with E-state index in [1.807, 2.05) is 30.3 Å². The van der Waals surface area contributed by atoms with Crippen LogP contribution in [0.4, 0.5) is 29.3 Å². The molecular weight excluding hydrogens is 637 g/mol. The van der Waals surface area contributed by atoms with E-state index in [2.05, 4.69) is 15.6 Å². The molecule has 1 aromatic heterocycles. The lowest BCUT2D eigenvalue weighted by Gasteiger charge is -2.16. The molecule has 0 spiro atoms. The zero-order valence-corrected chi connectivity index (χ0v) is 25.9. The van der Waals surface area contributed by atoms with Crippen molar-refractivity contribution in [3.05, 3.63) is 114 Å². The van der Waals surface area contributed by atoms with Crippen molar-refractivity contribution in [1.29, 1.82) is 0 Å². The number of halogens is 3. The minimum atomic E-state index is -4.60. The molecule has 1 unspecified atom stereocenters. The Bertz CT molecular complexity index is 1750. The number of hydrogen-bond donors (Lipinski definition) is 2. The molecule has 0 radical (unpaired) electrons. The van der Waals surface area contributed by atoms with Crippen molar-refractivity contribution >= 4 is 46.2 Å². The van der Waals surface area contributed by atoms with Crippen molar-refractivity contribution in [3.8, 4) is 5.75 Å². The Morgan fingerprint density at radius 1 is 1.04 bits per heavy atom. The molecule has 0 aliphatic carbocycles. The molecule has 5 rings (SSSR count). The summed E-state index contributed by atoms with van der Waals surface area (Å²) in [5.74, 6) is -0.296. The number of hydrogen-bond acceptors (Lipinski definition) is 8. The van der Waals surface area contributed by atoms with Gasteiger partial charge in [-0.25, -0.2) is 9.79 Å². The summed E-state index contributed by atoms with van der Waals surface area (Å²) in [5, 5.41) is 4.56. The fourth-order valence-electron chi connectivity index (χ4n) is 4.51. The smallest absolute Gasteiger partial charge is 0.416 e. The van der Waals surface area contributed by atoms with E-state index >= 15 is 0 Å². The van der Waals surface area contributed by atoms with Crippen LogP contribution in [0, 0.1) is 0 Å². The van der Waals surface area contributed by atoms with Crippen LogP contribution in [-0.4, -0.2) is 41.1 Å². The summed E-state index contributed by atoms with van der Waals surface area (Å²) in [5.41, 5.74) is 0.784. The number of anilines is 1. The molecule has 4 aromatic rings. The Labute approximate surface area is 271 Å². The van der Waals surface area contributed by atoms with E-state index in [9.17, 15) is 27.6 Å². The Balaban J connectivity index is 1.29. The Hall–Kier alpha value is -5.24. The first-order chi connectivity index (χ1) is 22.5. The van der Waals surface area contributed by atoms with Crippen LogP contribution < -0.4 is 15.4 Å². The largest absolute Gasteiger partial charge is 0.494 e. The van der Waals surface area contributed by atoms with Gasteiger partial charge in [-0.2, -0.15) is 13.2 Å². The molecule has 2 atom stereocenters. The molecule has 0 bridgehead atoms. The Kier molecular flexibility index (Phi) is 10.2. The van der Waals surface area contributed by atoms with Gasteiger partial charge in [0.15, 0.2) is 5.17 Å². The van der Waals surface area contributed by atoms with Gasteiger partial charge in [0.05, 0.1) is 25.5 Å². The molecule has 14 heteroatoms. The number of amides is 3. The topological polar surface area (TPSA) is 122 Å². The monoisotopic (exact) mass is 666 g/mol. The van der Waals surface area contributed by atoms with Crippen LogP contribution in [0.5, 0.6) is 5.75 Å². The molecule has 1 fully saturated rings. The average molecular weight is 667 g/mol. The summed E-state index contributed by atoms with van der Waals surface area (Å²) in [7, 11) is 1.32. The third-order valence-electron chi connectivity index (χ3n) is 6.98. The van der Waals surface area contributed by atoms with Crippen molar-refractivity contribution in [2.75, 3.05) is 12.4 Å². The second kappa shape index (κ2) is 14.5. The van der Waals surface area contributed by atoms with Gasteiger partial charge in [0.25, 0.3) is 0 Å². The van der Waals surface area contributed by atoms with Gasteiger partial charge in [0, 0.05) is 5.69 Å². The zero-order chi connectivity index (χ0) is 33.6. The quantitative estimate of drug-likeness (QED) is 0.186. The van der Waals surface area contributed by atoms with E-state index < -0.39 is 35.0 Å². The lowest BCUT2D eigenvalue weighted by Crippen LogP contribution is -2.41. The number of nitrogens with one attached hydrogen (secondary N) is 2. The predicted molar refractivity (Wildman–Crippen MR) is 169 cm³/mol. The Morgan fingerprint density at radius 3 is 2.45 bits per heavy atom. The highest BCUT2D eigenvalue weighted by molar-refractivity contribution is 8.15. The van der Waals surface area contributed by atoms with E-state index in [0.29, 0.717) is 17.0 Å². The fraction of sp³-hybridized carbons (Fsp3) is 0.212. The molecule has 1 saturated heterocycles. The number of amidine groups is 1. The van der Waals surface area contributed by atoms with E-state index in [4.69, 9.17) is 13.9 Å². The maximum absolute atomic E-state index is 13.7. The van der Waals surface area contributed by atoms with Crippen molar-refractivity contribution in [2.24, 2.45) is 4.99 Å². The SMILES string of the molecule is COc1ccc(C(F)(F)F)cc1N=C1SC(c2ccc(NC(=O)[C@H](C)NC(=O)OCc3ccccc3)cc2)C(=O)N1Cc1ccco1. The number of ether oxygens (including phenoxy) is 2. The van der Waals surface area contributed by atoms with Crippen LogP contribution in [0.15, 0.2) is 101 Å². The number of rotatable bonds is 10. The van der Waals surface area contributed by atoms with Crippen LogP contribution in [0.1, 0.15) is 34.6 Å². The van der Waals surface area contributed by atoms with Gasteiger partial charge < -0.3 is 24.5 Å². The highest BCUT2D eigenvalue weighted by Crippen LogP contribution is 2.43. The number of alkyl halides is 3. The number of furan rings is 1. The van der Waals surface area contributed by atoms with Gasteiger partial charge in [-0.05, 0) is 60.5 Å². The lowest BCUT2D eigenvalue weighted by molar-refractivity contribution is -0.137. The summed E-state index contributed by atoms with van der Waals surface area (Å²) in [6.07, 6.45) is -3.90. The summed E-state index contributed by atoms with van der Waals surface area (Å²) in [4.78, 5) is 44.3. The lowest BCUT2D eigenvalue weighted by atomic mass is 10.1. The molecule has 2 heterocycles. The maximum atomic E-state index is 13.7. The highest BCUT2D eigenvalue weighted by atomic mass is 32.2. The molecule has 47 heavy (non-hydrogen) atoms. The first kappa shape index (κ1) is 33.1. The van der Waals surface area contributed by atoms with Gasteiger partial charge in [0.2, 0.25) is 11.8 Å². The van der Waals surface area contributed by atoms with Gasteiger partial charge in [-0.1, -0.05) is 54.2 Å². The van der Waals surface area contributed by atoms with E-state index in [0.717, 1.165) is 29.5 Å². The number of benzene rings is 3. The molecule has 1 aliphatic heterocycles. The van der Waals surface area contributed by atoms with Crippen molar-refractivity contribution in [3.63, 3.8) is 0 Å². The van der Waals surface area contributed by atoms with Gasteiger partial charge >= 0.3 is 12.3 Å². The number of aliphatic imine (C=N–C) groups is 1. The summed E-state index contributed by atoms with van der Waals surface area (Å²) in [6, 6.07) is 21.0. The van der Waals surface area contributed by atoms with Gasteiger partial charge in [0.1, 0.15) is 35.1 Å². The average Bonchev–Trinajstić information content (AvgIpc) is 3.68. The van der Waals surface area contributed by atoms with E-state index in [-0.39, 0.29) is 35.7 Å². The van der Waals surface area contributed by atoms with E-state index in [1.54, 1.807) is 36.4 Å². The van der Waals surface area contributed by atoms with Crippen LogP contribution in [0.3, 0.4) is 0 Å². The first-order valence-electron chi connectivity index (χ1n) is 14.2. The minimum Gasteiger partial charge on any atom is -0.494 e.